The third-order valence-electron chi connectivity index (χ3n) is 1.87. The van der Waals surface area contributed by atoms with Gasteiger partial charge in [-0.25, -0.2) is 0 Å². The van der Waals surface area contributed by atoms with Crippen LogP contribution in [0.25, 0.3) is 11.3 Å². The highest BCUT2D eigenvalue weighted by Gasteiger charge is 2.13. The Kier molecular flexibility index (Phi) is 3.14. The molecule has 1 N–H and O–H groups in total. The summed E-state index contributed by atoms with van der Waals surface area (Å²) in [6.45, 7) is 0. The van der Waals surface area contributed by atoms with Crippen LogP contribution in [-0.4, -0.2) is 15.2 Å². The van der Waals surface area contributed by atoms with Crippen LogP contribution in [0.3, 0.4) is 0 Å². The van der Waals surface area contributed by atoms with E-state index < -0.39 is 5.56 Å². The van der Waals surface area contributed by atoms with E-state index >= 15 is 0 Å². The second-order valence-electron chi connectivity index (χ2n) is 2.92. The van der Waals surface area contributed by atoms with Gasteiger partial charge in [0.05, 0.1) is 10.0 Å². The lowest BCUT2D eigenvalue weighted by Crippen LogP contribution is -2.11. The first-order valence-electron chi connectivity index (χ1n) is 4.15. The van der Waals surface area contributed by atoms with Crippen LogP contribution in [0.15, 0.2) is 23.3 Å². The summed E-state index contributed by atoms with van der Waals surface area (Å²) in [6, 6.07) is 2.99. The Morgan fingerprint density at radius 2 is 1.94 bits per heavy atom. The molecule has 0 amide bonds. The minimum Gasteiger partial charge on any atom is -0.310 e. The largest absolute Gasteiger partial charge is 0.310 e. The number of aromatic nitrogens is 3. The third-order valence-corrected chi connectivity index (χ3v) is 2.89. The van der Waals surface area contributed by atoms with Crippen LogP contribution in [0.4, 0.5) is 0 Å². The van der Waals surface area contributed by atoms with Gasteiger partial charge >= 0.3 is 0 Å². The minimum absolute atomic E-state index is 0.0805. The molecule has 16 heavy (non-hydrogen) atoms. The molecule has 0 aliphatic heterocycles. The zero-order valence-corrected chi connectivity index (χ0v) is 9.94. The molecule has 2 aromatic rings. The molecule has 0 spiro atoms. The van der Waals surface area contributed by atoms with Gasteiger partial charge < -0.3 is 4.98 Å². The van der Waals surface area contributed by atoms with Crippen LogP contribution in [0.5, 0.6) is 0 Å². The molecule has 0 fully saturated rings. The number of rotatable bonds is 1. The summed E-state index contributed by atoms with van der Waals surface area (Å²) in [5.41, 5.74) is 0.0284. The van der Waals surface area contributed by atoms with Gasteiger partial charge in [-0.1, -0.05) is 34.8 Å². The van der Waals surface area contributed by atoms with Crippen molar-refractivity contribution in [1.82, 2.24) is 15.2 Å². The molecular formula is C9H4Cl3N3O. The Bertz CT molecular complexity index is 597. The Labute approximate surface area is 105 Å². The van der Waals surface area contributed by atoms with Crippen molar-refractivity contribution in [3.63, 3.8) is 0 Å². The van der Waals surface area contributed by atoms with Crippen molar-refractivity contribution in [1.29, 1.82) is 0 Å². The van der Waals surface area contributed by atoms with Crippen molar-refractivity contribution in [2.45, 2.75) is 0 Å². The predicted molar refractivity (Wildman–Crippen MR) is 63.1 cm³/mol. The van der Waals surface area contributed by atoms with E-state index in [0.717, 1.165) is 0 Å². The average Bonchev–Trinajstić information content (AvgIpc) is 2.24. The molecule has 7 heteroatoms. The lowest BCUT2D eigenvalue weighted by molar-refractivity contribution is 0.952. The van der Waals surface area contributed by atoms with Crippen LogP contribution >= 0.6 is 34.8 Å². The van der Waals surface area contributed by atoms with Crippen molar-refractivity contribution in [2.24, 2.45) is 0 Å². The van der Waals surface area contributed by atoms with Crippen LogP contribution in [0, 0.1) is 0 Å². The number of aromatic amines is 1. The van der Waals surface area contributed by atoms with Gasteiger partial charge in [0.15, 0.2) is 5.69 Å². The van der Waals surface area contributed by atoms with E-state index in [1.807, 2.05) is 0 Å². The van der Waals surface area contributed by atoms with Crippen molar-refractivity contribution < 1.29 is 0 Å². The minimum atomic E-state index is -0.407. The number of hydrogen-bond acceptors (Lipinski definition) is 3. The summed E-state index contributed by atoms with van der Waals surface area (Å²) in [4.78, 5) is 13.9. The van der Waals surface area contributed by atoms with Gasteiger partial charge in [0.1, 0.15) is 6.33 Å². The molecular weight excluding hydrogens is 272 g/mol. The molecule has 0 saturated carbocycles. The topological polar surface area (TPSA) is 58.6 Å². The highest BCUT2D eigenvalue weighted by Crippen LogP contribution is 2.34. The highest BCUT2D eigenvalue weighted by molar-refractivity contribution is 6.44. The van der Waals surface area contributed by atoms with E-state index in [1.165, 1.54) is 18.5 Å². The fourth-order valence-electron chi connectivity index (χ4n) is 1.19. The van der Waals surface area contributed by atoms with E-state index in [0.29, 0.717) is 10.6 Å². The van der Waals surface area contributed by atoms with Crippen LogP contribution in [-0.2, 0) is 0 Å². The molecule has 4 nitrogen and oxygen atoms in total. The van der Waals surface area contributed by atoms with Crippen molar-refractivity contribution in [3.8, 4) is 11.3 Å². The van der Waals surface area contributed by atoms with Crippen molar-refractivity contribution >= 4 is 34.8 Å². The van der Waals surface area contributed by atoms with Crippen LogP contribution in [0.1, 0.15) is 0 Å². The molecule has 0 atom stereocenters. The Hall–Kier alpha value is -1.10. The summed E-state index contributed by atoms with van der Waals surface area (Å²) in [5, 5.41) is 8.12. The lowest BCUT2D eigenvalue weighted by atomic mass is 10.1. The van der Waals surface area contributed by atoms with Crippen molar-refractivity contribution in [2.75, 3.05) is 0 Å². The first-order valence-corrected chi connectivity index (χ1v) is 5.28. The van der Waals surface area contributed by atoms with Gasteiger partial charge in [-0.15, -0.1) is 10.2 Å². The zero-order valence-electron chi connectivity index (χ0n) is 7.67. The van der Waals surface area contributed by atoms with E-state index in [4.69, 9.17) is 34.8 Å². The highest BCUT2D eigenvalue weighted by atomic mass is 35.5. The van der Waals surface area contributed by atoms with Crippen LogP contribution in [0.2, 0.25) is 15.1 Å². The van der Waals surface area contributed by atoms with E-state index in [9.17, 15) is 4.79 Å². The van der Waals surface area contributed by atoms with Gasteiger partial charge in [-0.05, 0) is 12.1 Å². The van der Waals surface area contributed by atoms with Gasteiger partial charge in [0.25, 0.3) is 5.56 Å². The molecule has 0 unspecified atom stereocenters. The Morgan fingerprint density at radius 3 is 2.62 bits per heavy atom. The molecule has 0 bridgehead atoms. The maximum atomic E-state index is 11.5. The van der Waals surface area contributed by atoms with E-state index in [-0.39, 0.29) is 15.7 Å². The summed E-state index contributed by atoms with van der Waals surface area (Å²) < 4.78 is 0. The fraction of sp³-hybridized carbons (Fsp3) is 0. The lowest BCUT2D eigenvalue weighted by Gasteiger charge is -2.04. The smallest absolute Gasteiger partial charge is 0.277 e. The van der Waals surface area contributed by atoms with Crippen molar-refractivity contribution in [3.05, 3.63) is 43.9 Å². The second kappa shape index (κ2) is 4.41. The molecule has 0 aliphatic rings. The molecule has 0 saturated heterocycles. The number of halogens is 3. The molecule has 1 aromatic carbocycles. The maximum absolute atomic E-state index is 11.5. The first-order chi connectivity index (χ1) is 7.59. The normalized spacial score (nSPS) is 10.4. The third kappa shape index (κ3) is 2.04. The Balaban J connectivity index is 2.74. The van der Waals surface area contributed by atoms with E-state index in [1.54, 1.807) is 0 Å². The summed E-state index contributed by atoms with van der Waals surface area (Å²) >= 11 is 17.6. The molecule has 82 valence electrons. The quantitative estimate of drug-likeness (QED) is 0.815. The molecule has 1 aromatic heterocycles. The molecule has 1 heterocycles. The van der Waals surface area contributed by atoms with Gasteiger partial charge in [-0.3, -0.25) is 4.79 Å². The Morgan fingerprint density at radius 1 is 1.19 bits per heavy atom. The fourth-order valence-corrected chi connectivity index (χ4v) is 1.88. The number of hydrogen-bond donors (Lipinski definition) is 1. The maximum Gasteiger partial charge on any atom is 0.277 e. The average molecular weight is 277 g/mol. The summed E-state index contributed by atoms with van der Waals surface area (Å²) in [6.07, 6.45) is 1.19. The number of nitrogens with one attached hydrogen (secondary N) is 1. The molecule has 2 rings (SSSR count). The number of nitrogens with zero attached hydrogens (tertiary/aromatic N) is 2. The standard InChI is InChI=1S/C9H4Cl3N3O/c10-4-1-5(7(12)6(11)2-4)8-9(16)13-3-14-15-8/h1-3H,(H,13,14,16). The SMILES string of the molecule is O=c1[nH]cnnc1-c1cc(Cl)cc(Cl)c1Cl. The summed E-state index contributed by atoms with van der Waals surface area (Å²) in [7, 11) is 0. The van der Waals surface area contributed by atoms with Gasteiger partial charge in [0, 0.05) is 10.6 Å². The van der Waals surface area contributed by atoms with Crippen LogP contribution < -0.4 is 5.56 Å². The molecule has 0 aliphatic carbocycles. The monoisotopic (exact) mass is 275 g/mol. The number of H-pyrrole nitrogens is 1. The molecule has 0 radical (unpaired) electrons. The predicted octanol–water partition coefficient (Wildman–Crippen LogP) is 2.79. The zero-order chi connectivity index (χ0) is 11.7. The second-order valence-corrected chi connectivity index (χ2v) is 4.14. The summed E-state index contributed by atoms with van der Waals surface area (Å²) in [5.74, 6) is 0. The number of benzene rings is 1. The van der Waals surface area contributed by atoms with Gasteiger partial charge in [0.2, 0.25) is 0 Å². The van der Waals surface area contributed by atoms with Gasteiger partial charge in [-0.2, -0.15) is 0 Å². The first kappa shape index (κ1) is 11.4. The van der Waals surface area contributed by atoms with E-state index in [2.05, 4.69) is 15.2 Å².